The molecule has 0 aliphatic carbocycles. The molecular weight excluding hydrogens is 314 g/mol. The molecule has 4 heteroatoms. The normalized spacial score (nSPS) is 10.8. The van der Waals surface area contributed by atoms with Gasteiger partial charge in [0.25, 0.3) is 0 Å². The van der Waals surface area contributed by atoms with Crippen LogP contribution in [-0.4, -0.2) is 9.97 Å². The average Bonchev–Trinajstić information content (AvgIpc) is 2.44. The van der Waals surface area contributed by atoms with Gasteiger partial charge >= 0.3 is 0 Å². The van der Waals surface area contributed by atoms with E-state index in [4.69, 9.17) is 0 Å². The molecule has 1 N–H and O–H groups in total. The van der Waals surface area contributed by atoms with Gasteiger partial charge in [-0.3, -0.25) is 0 Å². The zero-order valence-electron chi connectivity index (χ0n) is 11.3. The number of rotatable bonds is 2. The second-order valence-corrected chi connectivity index (χ2v) is 5.72. The van der Waals surface area contributed by atoms with E-state index in [0.29, 0.717) is 0 Å². The highest BCUT2D eigenvalue weighted by atomic mass is 79.9. The lowest BCUT2D eigenvalue weighted by atomic mass is 10.1. The van der Waals surface area contributed by atoms with Crippen LogP contribution in [0.25, 0.3) is 10.9 Å². The van der Waals surface area contributed by atoms with Crippen molar-refractivity contribution in [3.05, 3.63) is 58.3 Å². The lowest BCUT2D eigenvalue weighted by molar-refractivity contribution is 1.21. The maximum Gasteiger partial charge on any atom is 0.141 e. The number of anilines is 2. The zero-order chi connectivity index (χ0) is 14.1. The van der Waals surface area contributed by atoms with Crippen LogP contribution >= 0.6 is 15.9 Å². The van der Waals surface area contributed by atoms with Gasteiger partial charge in [-0.2, -0.15) is 0 Å². The molecule has 20 heavy (non-hydrogen) atoms. The lowest BCUT2D eigenvalue weighted by Gasteiger charge is -2.10. The van der Waals surface area contributed by atoms with Crippen molar-refractivity contribution in [2.75, 3.05) is 5.32 Å². The van der Waals surface area contributed by atoms with E-state index in [-0.39, 0.29) is 0 Å². The first-order valence-electron chi connectivity index (χ1n) is 6.38. The Morgan fingerprint density at radius 3 is 2.60 bits per heavy atom. The van der Waals surface area contributed by atoms with E-state index in [0.717, 1.165) is 26.9 Å². The summed E-state index contributed by atoms with van der Waals surface area (Å²) in [5.41, 5.74) is 4.50. The zero-order valence-corrected chi connectivity index (χ0v) is 12.9. The van der Waals surface area contributed by atoms with E-state index in [2.05, 4.69) is 63.3 Å². The number of hydrogen-bond acceptors (Lipinski definition) is 3. The van der Waals surface area contributed by atoms with E-state index in [1.165, 1.54) is 11.1 Å². The van der Waals surface area contributed by atoms with Crippen molar-refractivity contribution in [3.8, 4) is 0 Å². The van der Waals surface area contributed by atoms with Crippen LogP contribution in [0.4, 0.5) is 11.5 Å². The van der Waals surface area contributed by atoms with Gasteiger partial charge in [-0.15, -0.1) is 0 Å². The minimum atomic E-state index is 0.819. The molecule has 0 fully saturated rings. The summed E-state index contributed by atoms with van der Waals surface area (Å²) < 4.78 is 1.02. The summed E-state index contributed by atoms with van der Waals surface area (Å²) in [6.45, 7) is 4.21. The molecule has 0 aliphatic heterocycles. The summed E-state index contributed by atoms with van der Waals surface area (Å²) >= 11 is 3.49. The summed E-state index contributed by atoms with van der Waals surface area (Å²) in [6.07, 6.45) is 1.58. The number of halogens is 1. The van der Waals surface area contributed by atoms with Gasteiger partial charge in [0.2, 0.25) is 0 Å². The molecule has 0 radical (unpaired) electrons. The first-order valence-corrected chi connectivity index (χ1v) is 7.17. The smallest absolute Gasteiger partial charge is 0.141 e. The fraction of sp³-hybridized carbons (Fsp3) is 0.125. The fourth-order valence-electron chi connectivity index (χ4n) is 2.08. The van der Waals surface area contributed by atoms with Crippen molar-refractivity contribution in [2.45, 2.75) is 13.8 Å². The van der Waals surface area contributed by atoms with Crippen LogP contribution < -0.4 is 5.32 Å². The van der Waals surface area contributed by atoms with Crippen LogP contribution in [0.15, 0.2) is 47.2 Å². The number of nitrogens with one attached hydrogen (secondary N) is 1. The van der Waals surface area contributed by atoms with Crippen molar-refractivity contribution >= 4 is 38.3 Å². The van der Waals surface area contributed by atoms with Crippen LogP contribution in [-0.2, 0) is 0 Å². The molecule has 0 amide bonds. The van der Waals surface area contributed by atoms with Gasteiger partial charge in [-0.1, -0.05) is 22.0 Å². The monoisotopic (exact) mass is 327 g/mol. The standard InChI is InChI=1S/C16H14BrN3/c1-10-3-5-13(7-11(10)2)20-16-14-8-12(17)4-6-15(14)18-9-19-16/h3-9H,1-2H3,(H,18,19,20). The Hall–Kier alpha value is -1.94. The molecule has 0 atom stereocenters. The van der Waals surface area contributed by atoms with Gasteiger partial charge < -0.3 is 5.32 Å². The molecule has 3 aromatic rings. The molecule has 0 saturated carbocycles. The van der Waals surface area contributed by atoms with Crippen LogP contribution in [0, 0.1) is 13.8 Å². The van der Waals surface area contributed by atoms with Crippen molar-refractivity contribution in [1.82, 2.24) is 9.97 Å². The molecular formula is C16H14BrN3. The van der Waals surface area contributed by atoms with Crippen LogP contribution in [0.2, 0.25) is 0 Å². The number of benzene rings is 2. The van der Waals surface area contributed by atoms with Gasteiger partial charge in [0, 0.05) is 15.5 Å². The summed E-state index contributed by atoms with van der Waals surface area (Å²) in [5.74, 6) is 0.819. The summed E-state index contributed by atoms with van der Waals surface area (Å²) in [5, 5.41) is 4.37. The van der Waals surface area contributed by atoms with E-state index < -0.39 is 0 Å². The summed E-state index contributed by atoms with van der Waals surface area (Å²) in [7, 11) is 0. The molecule has 0 bridgehead atoms. The van der Waals surface area contributed by atoms with Crippen LogP contribution in [0.5, 0.6) is 0 Å². The second-order valence-electron chi connectivity index (χ2n) is 4.81. The Kier molecular flexibility index (Phi) is 3.40. The minimum absolute atomic E-state index is 0.819. The first-order chi connectivity index (χ1) is 9.63. The Bertz CT molecular complexity index is 784. The molecule has 0 saturated heterocycles. The molecule has 3 nitrogen and oxygen atoms in total. The number of aryl methyl sites for hydroxylation is 2. The van der Waals surface area contributed by atoms with Gasteiger partial charge in [0.05, 0.1) is 5.52 Å². The van der Waals surface area contributed by atoms with E-state index in [1.54, 1.807) is 6.33 Å². The van der Waals surface area contributed by atoms with E-state index >= 15 is 0 Å². The highest BCUT2D eigenvalue weighted by molar-refractivity contribution is 9.10. The first kappa shape index (κ1) is 13.1. The second kappa shape index (κ2) is 5.21. The molecule has 1 heterocycles. The fourth-order valence-corrected chi connectivity index (χ4v) is 2.45. The van der Waals surface area contributed by atoms with Gasteiger partial charge in [0.15, 0.2) is 0 Å². The number of fused-ring (bicyclic) bond motifs is 1. The Morgan fingerprint density at radius 2 is 1.80 bits per heavy atom. The van der Waals surface area contributed by atoms with Gasteiger partial charge in [-0.05, 0) is 55.3 Å². The predicted molar refractivity (Wildman–Crippen MR) is 86.4 cm³/mol. The van der Waals surface area contributed by atoms with E-state index in [1.807, 2.05) is 18.2 Å². The van der Waals surface area contributed by atoms with Crippen LogP contribution in [0.3, 0.4) is 0 Å². The largest absolute Gasteiger partial charge is 0.340 e. The number of aromatic nitrogens is 2. The highest BCUT2D eigenvalue weighted by Crippen LogP contribution is 2.26. The molecule has 2 aromatic carbocycles. The Morgan fingerprint density at radius 1 is 0.950 bits per heavy atom. The maximum atomic E-state index is 4.35. The third kappa shape index (κ3) is 2.51. The van der Waals surface area contributed by atoms with Crippen molar-refractivity contribution in [3.63, 3.8) is 0 Å². The summed E-state index contributed by atoms with van der Waals surface area (Å²) in [6, 6.07) is 12.3. The minimum Gasteiger partial charge on any atom is -0.340 e. The highest BCUT2D eigenvalue weighted by Gasteiger charge is 2.05. The van der Waals surface area contributed by atoms with Crippen molar-refractivity contribution in [1.29, 1.82) is 0 Å². The molecule has 0 spiro atoms. The molecule has 1 aromatic heterocycles. The Balaban J connectivity index is 2.05. The summed E-state index contributed by atoms with van der Waals surface area (Å²) in [4.78, 5) is 8.64. The molecule has 100 valence electrons. The number of nitrogens with zero attached hydrogens (tertiary/aromatic N) is 2. The van der Waals surface area contributed by atoms with Gasteiger partial charge in [0.1, 0.15) is 12.1 Å². The average molecular weight is 328 g/mol. The number of hydrogen-bond donors (Lipinski definition) is 1. The SMILES string of the molecule is Cc1ccc(Nc2ncnc3ccc(Br)cc23)cc1C. The van der Waals surface area contributed by atoms with Crippen molar-refractivity contribution in [2.24, 2.45) is 0 Å². The topological polar surface area (TPSA) is 37.8 Å². The maximum absolute atomic E-state index is 4.35. The predicted octanol–water partition coefficient (Wildman–Crippen LogP) is 4.75. The van der Waals surface area contributed by atoms with E-state index in [9.17, 15) is 0 Å². The van der Waals surface area contributed by atoms with Gasteiger partial charge in [-0.25, -0.2) is 9.97 Å². The molecule has 3 rings (SSSR count). The molecule has 0 unspecified atom stereocenters. The van der Waals surface area contributed by atoms with Crippen molar-refractivity contribution < 1.29 is 0 Å². The van der Waals surface area contributed by atoms with Crippen LogP contribution in [0.1, 0.15) is 11.1 Å². The Labute approximate surface area is 126 Å². The third-order valence-corrected chi connectivity index (χ3v) is 3.86. The third-order valence-electron chi connectivity index (χ3n) is 3.37. The quantitative estimate of drug-likeness (QED) is 0.737. The lowest BCUT2D eigenvalue weighted by Crippen LogP contribution is -1.96. The molecule has 0 aliphatic rings.